The van der Waals surface area contributed by atoms with Gasteiger partial charge >= 0.3 is 0 Å². The Balaban J connectivity index is 1.47. The first-order valence-electron chi connectivity index (χ1n) is 10.5. The zero-order chi connectivity index (χ0) is 20.7. The summed E-state index contributed by atoms with van der Waals surface area (Å²) in [5, 5.41) is 2.71. The van der Waals surface area contributed by atoms with Crippen LogP contribution >= 0.6 is 22.7 Å². The van der Waals surface area contributed by atoms with Gasteiger partial charge in [-0.2, -0.15) is 0 Å². The van der Waals surface area contributed by atoms with Gasteiger partial charge in [0, 0.05) is 25.6 Å². The van der Waals surface area contributed by atoms with Crippen LogP contribution < -0.4 is 0 Å². The Bertz CT molecular complexity index is 1670. The van der Waals surface area contributed by atoms with E-state index in [1.54, 1.807) is 11.3 Å². The van der Waals surface area contributed by atoms with Gasteiger partial charge in [0.05, 0.1) is 15.7 Å². The first-order chi connectivity index (χ1) is 15.1. The van der Waals surface area contributed by atoms with Gasteiger partial charge < -0.3 is 0 Å². The van der Waals surface area contributed by atoms with Gasteiger partial charge in [-0.15, -0.1) is 22.7 Å². The SMILES string of the molecule is CC1(C)c2cc(-c3cccc4c3sc3ccccc34)ccc2-c2cc3ncsc3cc21. The molecule has 2 heterocycles. The van der Waals surface area contributed by atoms with Crippen molar-refractivity contribution in [2.45, 2.75) is 19.3 Å². The summed E-state index contributed by atoms with van der Waals surface area (Å²) in [5.74, 6) is 0. The number of aromatic nitrogens is 1. The molecule has 1 aliphatic rings. The second-order valence-corrected chi connectivity index (χ2v) is 10.8. The van der Waals surface area contributed by atoms with Crippen LogP contribution in [-0.2, 0) is 5.41 Å². The lowest BCUT2D eigenvalue weighted by Gasteiger charge is -2.22. The average molecular weight is 434 g/mol. The molecule has 148 valence electrons. The molecule has 6 aromatic rings. The summed E-state index contributed by atoms with van der Waals surface area (Å²) in [7, 11) is 0. The highest BCUT2D eigenvalue weighted by molar-refractivity contribution is 7.26. The zero-order valence-electron chi connectivity index (χ0n) is 17.3. The molecule has 7 rings (SSSR count). The summed E-state index contributed by atoms with van der Waals surface area (Å²) in [4.78, 5) is 4.56. The predicted octanol–water partition coefficient (Wildman–Crippen LogP) is 8.64. The van der Waals surface area contributed by atoms with Crippen LogP contribution in [0.25, 0.3) is 52.6 Å². The van der Waals surface area contributed by atoms with Crippen molar-refractivity contribution in [3.63, 3.8) is 0 Å². The third-order valence-electron chi connectivity index (χ3n) is 6.84. The average Bonchev–Trinajstić information content (AvgIpc) is 3.46. The van der Waals surface area contributed by atoms with Crippen LogP contribution in [0.2, 0.25) is 0 Å². The molecule has 0 fully saturated rings. The Morgan fingerprint density at radius 1 is 0.710 bits per heavy atom. The fourth-order valence-corrected chi connectivity index (χ4v) is 7.16. The number of fused-ring (bicyclic) bond motifs is 7. The lowest BCUT2D eigenvalue weighted by atomic mass is 9.81. The molecule has 0 saturated heterocycles. The van der Waals surface area contributed by atoms with Crippen LogP contribution in [-0.4, -0.2) is 4.98 Å². The number of hydrogen-bond donors (Lipinski definition) is 0. The first kappa shape index (κ1) is 17.6. The van der Waals surface area contributed by atoms with Gasteiger partial charge in [-0.1, -0.05) is 62.4 Å². The minimum Gasteiger partial charge on any atom is -0.245 e. The van der Waals surface area contributed by atoms with Gasteiger partial charge in [-0.3, -0.25) is 0 Å². The summed E-state index contributed by atoms with van der Waals surface area (Å²) < 4.78 is 4.00. The fourth-order valence-electron chi connectivity index (χ4n) is 5.23. The number of hydrogen-bond acceptors (Lipinski definition) is 3. The highest BCUT2D eigenvalue weighted by Crippen LogP contribution is 2.51. The number of nitrogens with zero attached hydrogens (tertiary/aromatic N) is 1. The molecule has 0 spiro atoms. The third-order valence-corrected chi connectivity index (χ3v) is 8.85. The molecule has 0 bridgehead atoms. The molecule has 0 aliphatic heterocycles. The van der Waals surface area contributed by atoms with Crippen LogP contribution in [0.3, 0.4) is 0 Å². The summed E-state index contributed by atoms with van der Waals surface area (Å²) in [6.45, 7) is 4.71. The second-order valence-electron chi connectivity index (χ2n) is 8.88. The smallest absolute Gasteiger partial charge is 0.0818 e. The molecular weight excluding hydrogens is 414 g/mol. The van der Waals surface area contributed by atoms with E-state index < -0.39 is 0 Å². The Morgan fingerprint density at radius 3 is 2.48 bits per heavy atom. The Labute approximate surface area is 188 Å². The molecule has 3 heteroatoms. The predicted molar refractivity (Wildman–Crippen MR) is 136 cm³/mol. The second kappa shape index (κ2) is 6.03. The number of rotatable bonds is 1. The third kappa shape index (κ3) is 2.33. The highest BCUT2D eigenvalue weighted by Gasteiger charge is 2.36. The molecule has 2 aromatic heterocycles. The molecule has 0 unspecified atom stereocenters. The van der Waals surface area contributed by atoms with Gasteiger partial charge in [0.1, 0.15) is 0 Å². The fraction of sp³-hybridized carbons (Fsp3) is 0.107. The molecule has 0 N–H and O–H groups in total. The molecule has 0 saturated carbocycles. The Hall–Kier alpha value is -3.01. The molecule has 0 atom stereocenters. The summed E-state index contributed by atoms with van der Waals surface area (Å²) in [6.07, 6.45) is 0. The van der Waals surface area contributed by atoms with E-state index in [1.165, 1.54) is 58.3 Å². The molecule has 1 nitrogen and oxygen atoms in total. The number of thiazole rings is 1. The minimum atomic E-state index is -0.0209. The number of thiophene rings is 1. The van der Waals surface area contributed by atoms with Gasteiger partial charge in [0.15, 0.2) is 0 Å². The summed E-state index contributed by atoms with van der Waals surface area (Å²) in [5.41, 5.74) is 11.2. The van der Waals surface area contributed by atoms with E-state index in [9.17, 15) is 0 Å². The van der Waals surface area contributed by atoms with Crippen molar-refractivity contribution in [1.82, 2.24) is 4.98 Å². The van der Waals surface area contributed by atoms with Crippen molar-refractivity contribution in [1.29, 1.82) is 0 Å². The van der Waals surface area contributed by atoms with E-state index in [2.05, 4.69) is 91.6 Å². The molecule has 4 aromatic carbocycles. The van der Waals surface area contributed by atoms with E-state index in [4.69, 9.17) is 0 Å². The molecule has 31 heavy (non-hydrogen) atoms. The lowest BCUT2D eigenvalue weighted by Crippen LogP contribution is -2.15. The van der Waals surface area contributed by atoms with Crippen LogP contribution in [0, 0.1) is 0 Å². The molecular formula is C28H19NS2. The van der Waals surface area contributed by atoms with E-state index >= 15 is 0 Å². The van der Waals surface area contributed by atoms with Crippen molar-refractivity contribution < 1.29 is 0 Å². The molecule has 0 radical (unpaired) electrons. The largest absolute Gasteiger partial charge is 0.245 e. The van der Waals surface area contributed by atoms with E-state index in [0.717, 1.165) is 5.52 Å². The van der Waals surface area contributed by atoms with Crippen molar-refractivity contribution in [3.05, 3.63) is 89.4 Å². The molecule has 0 amide bonds. The van der Waals surface area contributed by atoms with Gasteiger partial charge in [-0.25, -0.2) is 4.98 Å². The van der Waals surface area contributed by atoms with Crippen LogP contribution in [0.4, 0.5) is 0 Å². The van der Waals surface area contributed by atoms with Crippen LogP contribution in [0.15, 0.2) is 78.3 Å². The minimum absolute atomic E-state index is 0.0209. The van der Waals surface area contributed by atoms with Gasteiger partial charge in [0.25, 0.3) is 0 Å². The van der Waals surface area contributed by atoms with E-state index in [1.807, 2.05) is 16.8 Å². The van der Waals surface area contributed by atoms with Gasteiger partial charge in [0.2, 0.25) is 0 Å². The monoisotopic (exact) mass is 433 g/mol. The Morgan fingerprint density at radius 2 is 1.55 bits per heavy atom. The first-order valence-corrected chi connectivity index (χ1v) is 12.2. The standard InChI is InChI=1S/C28H19NS2/c1-28(2)22-12-16(10-11-18(22)21-13-24-26(14-23(21)28)30-15-29-24)17-7-5-8-20-19-6-3-4-9-25(19)31-27(17)20/h3-15H,1-2H3. The van der Waals surface area contributed by atoms with Crippen LogP contribution in [0.5, 0.6) is 0 Å². The zero-order valence-corrected chi connectivity index (χ0v) is 18.9. The van der Waals surface area contributed by atoms with Crippen molar-refractivity contribution in [2.75, 3.05) is 0 Å². The maximum atomic E-state index is 4.56. The van der Waals surface area contributed by atoms with E-state index in [0.29, 0.717) is 0 Å². The highest BCUT2D eigenvalue weighted by atomic mass is 32.1. The molecule has 1 aliphatic carbocycles. The summed E-state index contributed by atoms with van der Waals surface area (Å²) >= 11 is 3.63. The number of benzene rings is 4. The summed E-state index contributed by atoms with van der Waals surface area (Å²) in [6, 6.07) is 27.1. The maximum Gasteiger partial charge on any atom is 0.0818 e. The van der Waals surface area contributed by atoms with E-state index in [-0.39, 0.29) is 5.41 Å². The van der Waals surface area contributed by atoms with Crippen molar-refractivity contribution in [3.8, 4) is 22.3 Å². The Kier molecular flexibility index (Phi) is 3.43. The van der Waals surface area contributed by atoms with Gasteiger partial charge in [-0.05, 0) is 57.6 Å². The quantitative estimate of drug-likeness (QED) is 0.253. The van der Waals surface area contributed by atoms with Crippen molar-refractivity contribution >= 4 is 53.1 Å². The lowest BCUT2D eigenvalue weighted by molar-refractivity contribution is 0.661. The topological polar surface area (TPSA) is 12.9 Å². The van der Waals surface area contributed by atoms with Crippen LogP contribution in [0.1, 0.15) is 25.0 Å². The van der Waals surface area contributed by atoms with Crippen molar-refractivity contribution in [2.24, 2.45) is 0 Å². The normalized spacial score (nSPS) is 14.4. The maximum absolute atomic E-state index is 4.56.